The van der Waals surface area contributed by atoms with Crippen LogP contribution in [0.2, 0.25) is 10.0 Å². The lowest BCUT2D eigenvalue weighted by Gasteiger charge is -2.11. The lowest BCUT2D eigenvalue weighted by Crippen LogP contribution is -2.24. The van der Waals surface area contributed by atoms with Gasteiger partial charge in [-0.25, -0.2) is 10.2 Å². The van der Waals surface area contributed by atoms with Crippen LogP contribution in [-0.2, 0) is 4.79 Å². The predicted molar refractivity (Wildman–Crippen MR) is 138 cm³/mol. The highest BCUT2D eigenvalue weighted by Gasteiger charge is 2.14. The van der Waals surface area contributed by atoms with Crippen LogP contribution in [0.1, 0.15) is 21.5 Å². The van der Waals surface area contributed by atoms with Crippen molar-refractivity contribution in [2.24, 2.45) is 5.10 Å². The van der Waals surface area contributed by atoms with Gasteiger partial charge in [-0.05, 0) is 54.1 Å². The summed E-state index contributed by atoms with van der Waals surface area (Å²) in [5.74, 6) is -0.344. The maximum atomic E-state index is 12.7. The van der Waals surface area contributed by atoms with Gasteiger partial charge in [0.05, 0.1) is 16.8 Å². The van der Waals surface area contributed by atoms with E-state index < -0.39 is 11.9 Å². The molecule has 0 aliphatic heterocycles. The van der Waals surface area contributed by atoms with Gasteiger partial charge >= 0.3 is 5.97 Å². The Morgan fingerprint density at radius 2 is 1.69 bits per heavy atom. The van der Waals surface area contributed by atoms with E-state index in [0.717, 1.165) is 16.3 Å². The fourth-order valence-corrected chi connectivity index (χ4v) is 3.75. The molecule has 0 saturated carbocycles. The molecule has 0 fully saturated rings. The molecular formula is C27H20Cl2N2O4. The fraction of sp³-hybridized carbons (Fsp3) is 0.0741. The van der Waals surface area contributed by atoms with Crippen LogP contribution in [0.5, 0.6) is 11.5 Å². The molecule has 4 aromatic carbocycles. The van der Waals surface area contributed by atoms with Crippen molar-refractivity contribution in [2.75, 3.05) is 6.61 Å². The van der Waals surface area contributed by atoms with E-state index in [1.807, 2.05) is 49.4 Å². The molecule has 0 bridgehead atoms. The molecule has 0 atom stereocenters. The number of benzene rings is 4. The molecule has 0 unspecified atom stereocenters. The molecule has 35 heavy (non-hydrogen) atoms. The van der Waals surface area contributed by atoms with E-state index in [1.54, 1.807) is 30.3 Å². The summed E-state index contributed by atoms with van der Waals surface area (Å²) in [6.45, 7) is 1.64. The molecule has 0 saturated heterocycles. The molecule has 1 N–H and O–H groups in total. The van der Waals surface area contributed by atoms with Crippen molar-refractivity contribution in [3.8, 4) is 11.5 Å². The number of hydrazone groups is 1. The van der Waals surface area contributed by atoms with Gasteiger partial charge in [-0.2, -0.15) is 5.10 Å². The standard InChI is InChI=1S/C27H20Cl2N2O4/c1-17-6-8-19(9-7-17)27(33)35-24-12-10-18-4-2-3-5-21(18)22(24)15-30-31-26(32)16-34-25-13-11-20(28)14-23(25)29/h2-15H,16H2,1H3,(H,31,32)/b30-15+. The fourth-order valence-electron chi connectivity index (χ4n) is 3.28. The topological polar surface area (TPSA) is 77.0 Å². The zero-order chi connectivity index (χ0) is 24.8. The van der Waals surface area contributed by atoms with Crippen molar-refractivity contribution in [3.63, 3.8) is 0 Å². The number of esters is 1. The second-order valence-electron chi connectivity index (χ2n) is 7.61. The number of hydrogen-bond acceptors (Lipinski definition) is 5. The van der Waals surface area contributed by atoms with Crippen LogP contribution < -0.4 is 14.9 Å². The van der Waals surface area contributed by atoms with Gasteiger partial charge < -0.3 is 9.47 Å². The second kappa shape index (κ2) is 11.0. The molecule has 0 aromatic heterocycles. The molecule has 8 heteroatoms. The van der Waals surface area contributed by atoms with Crippen molar-refractivity contribution in [1.29, 1.82) is 0 Å². The lowest BCUT2D eigenvalue weighted by atomic mass is 10.0. The van der Waals surface area contributed by atoms with Gasteiger partial charge in [-0.3, -0.25) is 4.79 Å². The lowest BCUT2D eigenvalue weighted by molar-refractivity contribution is -0.123. The number of amides is 1. The number of nitrogens with zero attached hydrogens (tertiary/aromatic N) is 1. The number of halogens is 2. The van der Waals surface area contributed by atoms with Gasteiger partial charge in [0.2, 0.25) is 0 Å². The van der Waals surface area contributed by atoms with Crippen LogP contribution in [0.25, 0.3) is 10.8 Å². The third kappa shape index (κ3) is 6.18. The Labute approximate surface area is 212 Å². The minimum absolute atomic E-state index is 0.296. The second-order valence-corrected chi connectivity index (χ2v) is 8.45. The zero-order valence-corrected chi connectivity index (χ0v) is 20.1. The molecule has 176 valence electrons. The van der Waals surface area contributed by atoms with E-state index in [4.69, 9.17) is 32.7 Å². The number of hydrogen-bond donors (Lipinski definition) is 1. The third-order valence-electron chi connectivity index (χ3n) is 5.06. The summed E-state index contributed by atoms with van der Waals surface area (Å²) in [4.78, 5) is 24.9. The molecule has 0 aliphatic rings. The Morgan fingerprint density at radius 1 is 0.943 bits per heavy atom. The minimum Gasteiger partial charge on any atom is -0.482 e. The Kier molecular flexibility index (Phi) is 7.65. The number of rotatable bonds is 7. The third-order valence-corrected chi connectivity index (χ3v) is 5.59. The van der Waals surface area contributed by atoms with Gasteiger partial charge in [0, 0.05) is 10.6 Å². The van der Waals surface area contributed by atoms with Crippen molar-refractivity contribution < 1.29 is 19.1 Å². The molecule has 0 heterocycles. The van der Waals surface area contributed by atoms with Crippen molar-refractivity contribution in [2.45, 2.75) is 6.92 Å². The largest absolute Gasteiger partial charge is 0.482 e. The van der Waals surface area contributed by atoms with Crippen LogP contribution in [-0.4, -0.2) is 24.7 Å². The molecule has 6 nitrogen and oxygen atoms in total. The van der Waals surface area contributed by atoms with Gasteiger partial charge in [-0.1, -0.05) is 71.2 Å². The quantitative estimate of drug-likeness (QED) is 0.140. The number of carbonyl (C=O) groups is 2. The van der Waals surface area contributed by atoms with E-state index in [2.05, 4.69) is 10.5 Å². The van der Waals surface area contributed by atoms with Crippen LogP contribution in [0.4, 0.5) is 0 Å². The Hall–Kier alpha value is -3.87. The van der Waals surface area contributed by atoms with Gasteiger partial charge in [-0.15, -0.1) is 0 Å². The average Bonchev–Trinajstić information content (AvgIpc) is 2.85. The summed E-state index contributed by atoms with van der Waals surface area (Å²) in [6, 6.07) is 22.9. The summed E-state index contributed by atoms with van der Waals surface area (Å²) in [5, 5.41) is 6.54. The Bertz CT molecular complexity index is 1420. The summed E-state index contributed by atoms with van der Waals surface area (Å²) < 4.78 is 11.1. The van der Waals surface area contributed by atoms with Crippen LogP contribution in [0, 0.1) is 6.92 Å². The minimum atomic E-state index is -0.495. The zero-order valence-electron chi connectivity index (χ0n) is 18.6. The summed E-state index contributed by atoms with van der Waals surface area (Å²) in [6.07, 6.45) is 1.44. The van der Waals surface area contributed by atoms with Gasteiger partial charge in [0.15, 0.2) is 6.61 Å². The van der Waals surface area contributed by atoms with Crippen molar-refractivity contribution in [3.05, 3.63) is 106 Å². The first-order chi connectivity index (χ1) is 16.9. The summed E-state index contributed by atoms with van der Waals surface area (Å²) in [7, 11) is 0. The van der Waals surface area contributed by atoms with E-state index >= 15 is 0 Å². The summed E-state index contributed by atoms with van der Waals surface area (Å²) in [5.41, 5.74) is 4.43. The van der Waals surface area contributed by atoms with Gasteiger partial charge in [0.1, 0.15) is 11.5 Å². The highest BCUT2D eigenvalue weighted by atomic mass is 35.5. The maximum Gasteiger partial charge on any atom is 0.343 e. The first-order valence-corrected chi connectivity index (χ1v) is 11.4. The number of fused-ring (bicyclic) bond motifs is 1. The van der Waals surface area contributed by atoms with E-state index in [-0.39, 0.29) is 6.61 Å². The van der Waals surface area contributed by atoms with E-state index in [1.165, 1.54) is 12.3 Å². The molecule has 0 spiro atoms. The number of ether oxygens (including phenoxy) is 2. The van der Waals surface area contributed by atoms with Crippen LogP contribution in [0.3, 0.4) is 0 Å². The highest BCUT2D eigenvalue weighted by Crippen LogP contribution is 2.28. The average molecular weight is 507 g/mol. The van der Waals surface area contributed by atoms with Crippen LogP contribution >= 0.6 is 23.2 Å². The first kappa shape index (κ1) is 24.3. The molecule has 4 rings (SSSR count). The first-order valence-electron chi connectivity index (χ1n) is 10.6. The number of nitrogens with one attached hydrogen (secondary N) is 1. The van der Waals surface area contributed by atoms with E-state index in [9.17, 15) is 9.59 Å². The van der Waals surface area contributed by atoms with Crippen molar-refractivity contribution >= 4 is 52.1 Å². The maximum absolute atomic E-state index is 12.7. The molecule has 1 amide bonds. The smallest absolute Gasteiger partial charge is 0.343 e. The number of carbonyl (C=O) groups excluding carboxylic acids is 2. The summed E-state index contributed by atoms with van der Waals surface area (Å²) >= 11 is 11.9. The normalized spacial score (nSPS) is 10.9. The molecule has 0 aliphatic carbocycles. The Morgan fingerprint density at radius 3 is 2.46 bits per heavy atom. The van der Waals surface area contributed by atoms with E-state index in [0.29, 0.717) is 32.7 Å². The molecule has 4 aromatic rings. The SMILES string of the molecule is Cc1ccc(C(=O)Oc2ccc3ccccc3c2/C=N/NC(=O)COc2ccc(Cl)cc2Cl)cc1. The Balaban J connectivity index is 1.50. The van der Waals surface area contributed by atoms with Gasteiger partial charge in [0.25, 0.3) is 5.91 Å². The predicted octanol–water partition coefficient (Wildman–Crippen LogP) is 6.20. The monoisotopic (exact) mass is 506 g/mol. The molecule has 0 radical (unpaired) electrons. The highest BCUT2D eigenvalue weighted by molar-refractivity contribution is 6.35. The van der Waals surface area contributed by atoms with Crippen molar-refractivity contribution in [1.82, 2.24) is 5.43 Å². The van der Waals surface area contributed by atoms with Crippen LogP contribution in [0.15, 0.2) is 84.0 Å². The number of aryl methyl sites for hydroxylation is 1. The molecular weight excluding hydrogens is 487 g/mol.